The average molecular weight is 324 g/mol. The molecular formula is C20H24N2O2. The third kappa shape index (κ3) is 4.02. The molecule has 0 aliphatic carbocycles. The van der Waals surface area contributed by atoms with Crippen molar-refractivity contribution in [3.05, 3.63) is 71.8 Å². The van der Waals surface area contributed by atoms with E-state index in [4.69, 9.17) is 10.5 Å². The van der Waals surface area contributed by atoms with Crippen LogP contribution in [0.15, 0.2) is 60.7 Å². The highest BCUT2D eigenvalue weighted by atomic mass is 16.5. The van der Waals surface area contributed by atoms with Gasteiger partial charge in [-0.15, -0.1) is 0 Å². The van der Waals surface area contributed by atoms with Gasteiger partial charge in [-0.2, -0.15) is 0 Å². The fourth-order valence-electron chi connectivity index (χ4n) is 3.31. The van der Waals surface area contributed by atoms with Gasteiger partial charge in [0.2, 0.25) is 5.91 Å². The molecule has 1 amide bonds. The summed E-state index contributed by atoms with van der Waals surface area (Å²) in [6.07, 6.45) is 0. The van der Waals surface area contributed by atoms with E-state index in [9.17, 15) is 4.79 Å². The zero-order valence-electron chi connectivity index (χ0n) is 13.8. The average Bonchev–Trinajstić information content (AvgIpc) is 3.08. The molecule has 24 heavy (non-hydrogen) atoms. The molecule has 0 saturated carbocycles. The molecule has 4 nitrogen and oxygen atoms in total. The zero-order valence-corrected chi connectivity index (χ0v) is 13.8. The molecule has 0 unspecified atom stereocenters. The minimum Gasteiger partial charge on any atom is -0.367 e. The lowest BCUT2D eigenvalue weighted by molar-refractivity contribution is -0.135. The van der Waals surface area contributed by atoms with Crippen LogP contribution in [0.3, 0.4) is 0 Å². The number of carbonyl (C=O) groups excluding carboxylic acids is 1. The van der Waals surface area contributed by atoms with Gasteiger partial charge in [0.15, 0.2) is 0 Å². The molecule has 0 radical (unpaired) electrons. The van der Waals surface area contributed by atoms with Gasteiger partial charge in [-0.1, -0.05) is 60.7 Å². The summed E-state index contributed by atoms with van der Waals surface area (Å²) in [6, 6.07) is 20.2. The first-order chi connectivity index (χ1) is 11.8. The Morgan fingerprint density at radius 3 is 2.38 bits per heavy atom. The summed E-state index contributed by atoms with van der Waals surface area (Å²) in [6.45, 7) is 2.60. The van der Waals surface area contributed by atoms with Crippen LogP contribution in [0.2, 0.25) is 0 Å². The summed E-state index contributed by atoms with van der Waals surface area (Å²) < 4.78 is 5.58. The van der Waals surface area contributed by atoms with Gasteiger partial charge in [0.25, 0.3) is 0 Å². The second-order valence-electron chi connectivity index (χ2n) is 6.29. The molecule has 4 heteroatoms. The van der Waals surface area contributed by atoms with Crippen LogP contribution in [0.4, 0.5) is 0 Å². The maximum atomic E-state index is 12.4. The zero-order chi connectivity index (χ0) is 16.8. The Hall–Kier alpha value is -2.17. The molecule has 0 aromatic heterocycles. The van der Waals surface area contributed by atoms with Crippen LogP contribution >= 0.6 is 0 Å². The van der Waals surface area contributed by atoms with Crippen molar-refractivity contribution >= 4 is 5.91 Å². The molecule has 1 saturated heterocycles. The third-order valence-electron chi connectivity index (χ3n) is 4.66. The topological polar surface area (TPSA) is 55.6 Å². The highest BCUT2D eigenvalue weighted by Gasteiger charge is 2.35. The van der Waals surface area contributed by atoms with Crippen molar-refractivity contribution in [2.45, 2.75) is 12.5 Å². The van der Waals surface area contributed by atoms with Crippen LogP contribution < -0.4 is 5.73 Å². The molecule has 1 heterocycles. The minimum atomic E-state index is 0.0443. The van der Waals surface area contributed by atoms with Crippen molar-refractivity contribution in [2.24, 2.45) is 11.7 Å². The lowest BCUT2D eigenvalue weighted by Crippen LogP contribution is -2.32. The fourth-order valence-corrected chi connectivity index (χ4v) is 3.31. The van der Waals surface area contributed by atoms with Crippen molar-refractivity contribution < 1.29 is 9.53 Å². The Morgan fingerprint density at radius 1 is 1.04 bits per heavy atom. The molecule has 2 aromatic rings. The Bertz CT molecular complexity index is 645. The second-order valence-corrected chi connectivity index (χ2v) is 6.29. The lowest BCUT2D eigenvalue weighted by Gasteiger charge is -2.17. The second kappa shape index (κ2) is 8.08. The van der Waals surface area contributed by atoms with Crippen molar-refractivity contribution in [1.29, 1.82) is 0 Å². The normalized spacial score (nSPS) is 20.3. The van der Waals surface area contributed by atoms with Crippen LogP contribution in [0, 0.1) is 5.92 Å². The number of nitrogens with two attached hydrogens (primary N) is 1. The molecule has 3 rings (SSSR count). The van der Waals surface area contributed by atoms with Crippen molar-refractivity contribution in [3.63, 3.8) is 0 Å². The summed E-state index contributed by atoms with van der Waals surface area (Å²) in [5, 5.41) is 0. The van der Waals surface area contributed by atoms with E-state index in [-0.39, 0.29) is 12.5 Å². The highest BCUT2D eigenvalue weighted by molar-refractivity contribution is 5.78. The lowest BCUT2D eigenvalue weighted by atomic mass is 9.89. The number of hydrogen-bond acceptors (Lipinski definition) is 3. The first-order valence-electron chi connectivity index (χ1n) is 8.42. The Balaban J connectivity index is 1.54. The molecule has 0 spiro atoms. The van der Waals surface area contributed by atoms with Gasteiger partial charge < -0.3 is 15.4 Å². The van der Waals surface area contributed by atoms with Gasteiger partial charge in [0.05, 0.1) is 6.61 Å². The van der Waals surface area contributed by atoms with E-state index >= 15 is 0 Å². The molecule has 2 atom stereocenters. The molecule has 2 N–H and O–H groups in total. The monoisotopic (exact) mass is 324 g/mol. The summed E-state index contributed by atoms with van der Waals surface area (Å²) in [7, 11) is 0. The number of benzene rings is 2. The summed E-state index contributed by atoms with van der Waals surface area (Å²) in [5.74, 6) is 0.669. The Kier molecular flexibility index (Phi) is 5.62. The smallest absolute Gasteiger partial charge is 0.248 e. The summed E-state index contributed by atoms with van der Waals surface area (Å²) in [4.78, 5) is 14.3. The molecular weight excluding hydrogens is 300 g/mol. The highest BCUT2D eigenvalue weighted by Crippen LogP contribution is 2.31. The predicted octanol–water partition coefficient (Wildman–Crippen LogP) is 2.40. The first kappa shape index (κ1) is 16.7. The van der Waals surface area contributed by atoms with Crippen molar-refractivity contribution in [2.75, 3.05) is 26.2 Å². The van der Waals surface area contributed by atoms with E-state index in [1.807, 2.05) is 53.4 Å². The van der Waals surface area contributed by atoms with E-state index in [2.05, 4.69) is 12.1 Å². The van der Waals surface area contributed by atoms with Crippen LogP contribution in [-0.2, 0) is 16.1 Å². The Labute approximate surface area is 143 Å². The van der Waals surface area contributed by atoms with E-state index in [1.165, 1.54) is 5.56 Å². The minimum absolute atomic E-state index is 0.0443. The fraction of sp³-hybridized carbons (Fsp3) is 0.350. The Morgan fingerprint density at radius 2 is 1.71 bits per heavy atom. The molecule has 2 aromatic carbocycles. The number of carbonyl (C=O) groups is 1. The number of rotatable bonds is 6. The first-order valence-corrected chi connectivity index (χ1v) is 8.42. The third-order valence-corrected chi connectivity index (χ3v) is 4.66. The van der Waals surface area contributed by atoms with Gasteiger partial charge in [0.1, 0.15) is 6.61 Å². The molecule has 1 aliphatic rings. The van der Waals surface area contributed by atoms with Gasteiger partial charge in [-0.05, 0) is 23.6 Å². The molecule has 1 fully saturated rings. The van der Waals surface area contributed by atoms with Crippen molar-refractivity contribution in [3.8, 4) is 0 Å². The van der Waals surface area contributed by atoms with Crippen LogP contribution in [0.5, 0.6) is 0 Å². The standard InChI is InChI=1S/C20H24N2O2/c21-11-18-12-22(13-19(18)17-9-5-2-6-10-17)20(23)15-24-14-16-7-3-1-4-8-16/h1-10,18-19H,11-15,21H2/t18-,19+/m1/s1. The quantitative estimate of drug-likeness (QED) is 0.888. The van der Waals surface area contributed by atoms with Crippen LogP contribution in [-0.4, -0.2) is 37.0 Å². The number of ether oxygens (including phenoxy) is 1. The molecule has 1 aliphatic heterocycles. The summed E-state index contributed by atoms with van der Waals surface area (Å²) >= 11 is 0. The van der Waals surface area contributed by atoms with E-state index < -0.39 is 0 Å². The predicted molar refractivity (Wildman–Crippen MR) is 94.4 cm³/mol. The van der Waals surface area contributed by atoms with Crippen molar-refractivity contribution in [1.82, 2.24) is 4.90 Å². The maximum absolute atomic E-state index is 12.4. The number of hydrogen-bond donors (Lipinski definition) is 1. The van der Waals surface area contributed by atoms with E-state index in [0.29, 0.717) is 31.5 Å². The number of amides is 1. The van der Waals surface area contributed by atoms with E-state index in [1.54, 1.807) is 0 Å². The van der Waals surface area contributed by atoms with E-state index in [0.717, 1.165) is 12.1 Å². The van der Waals surface area contributed by atoms with Crippen LogP contribution in [0.1, 0.15) is 17.0 Å². The summed E-state index contributed by atoms with van der Waals surface area (Å²) in [5.41, 5.74) is 8.27. The number of nitrogens with zero attached hydrogens (tertiary/aromatic N) is 1. The number of likely N-dealkylation sites (tertiary alicyclic amines) is 1. The SMILES string of the molecule is NC[C@@H]1CN(C(=O)COCc2ccccc2)C[C@H]1c1ccccc1. The van der Waals surface area contributed by atoms with Gasteiger partial charge >= 0.3 is 0 Å². The van der Waals surface area contributed by atoms with Crippen LogP contribution in [0.25, 0.3) is 0 Å². The van der Waals surface area contributed by atoms with Gasteiger partial charge in [-0.25, -0.2) is 0 Å². The molecule has 126 valence electrons. The maximum Gasteiger partial charge on any atom is 0.248 e. The molecule has 0 bridgehead atoms. The van der Waals surface area contributed by atoms with Gasteiger partial charge in [-0.3, -0.25) is 4.79 Å². The van der Waals surface area contributed by atoms with Gasteiger partial charge in [0, 0.05) is 19.0 Å². The largest absolute Gasteiger partial charge is 0.367 e.